The van der Waals surface area contributed by atoms with Crippen LogP contribution in [0.15, 0.2) is 5.38 Å². The van der Waals surface area contributed by atoms with Gasteiger partial charge in [-0.2, -0.15) is 0 Å². The highest BCUT2D eigenvalue weighted by molar-refractivity contribution is 7.90. The van der Waals surface area contributed by atoms with E-state index in [2.05, 4.69) is 0 Å². The molecule has 0 atom stereocenters. The lowest BCUT2D eigenvalue weighted by Crippen LogP contribution is -2.00. The quantitative estimate of drug-likeness (QED) is 0.759. The van der Waals surface area contributed by atoms with Gasteiger partial charge in [-0.1, -0.05) is 0 Å². The largest absolute Gasteiger partial charge is 0.477 e. The Balaban J connectivity index is 2.55. The molecule has 1 aliphatic rings. The molecule has 13 heavy (non-hydrogen) atoms. The third kappa shape index (κ3) is 1.36. The molecule has 0 aromatic carbocycles. The molecule has 2 heterocycles. The molecule has 0 bridgehead atoms. The monoisotopic (exact) mass is 218 g/mol. The number of aromatic carboxylic acids is 1. The molecular weight excluding hydrogens is 212 g/mol. The molecule has 0 fully saturated rings. The molecule has 0 spiro atoms. The molecule has 1 N–H and O–H groups in total. The summed E-state index contributed by atoms with van der Waals surface area (Å²) >= 11 is 1.10. The molecule has 70 valence electrons. The van der Waals surface area contributed by atoms with Crippen LogP contribution in [-0.2, 0) is 21.3 Å². The summed E-state index contributed by atoms with van der Waals surface area (Å²) < 4.78 is 22.3. The first-order valence-electron chi connectivity index (χ1n) is 3.52. The zero-order valence-corrected chi connectivity index (χ0v) is 8.11. The maximum absolute atomic E-state index is 11.1. The average Bonchev–Trinajstić information content (AvgIpc) is 2.41. The maximum atomic E-state index is 11.1. The van der Waals surface area contributed by atoms with Crippen molar-refractivity contribution >= 4 is 27.1 Å². The molecule has 1 aromatic rings. The van der Waals surface area contributed by atoms with Crippen LogP contribution in [0.5, 0.6) is 0 Å². The lowest BCUT2D eigenvalue weighted by Gasteiger charge is -1.91. The minimum atomic E-state index is -3.07. The van der Waals surface area contributed by atoms with Gasteiger partial charge in [0.25, 0.3) is 0 Å². The summed E-state index contributed by atoms with van der Waals surface area (Å²) in [7, 11) is -3.07. The topological polar surface area (TPSA) is 71.4 Å². The van der Waals surface area contributed by atoms with Gasteiger partial charge in [0.15, 0.2) is 9.84 Å². The molecule has 0 saturated heterocycles. The van der Waals surface area contributed by atoms with E-state index < -0.39 is 15.8 Å². The number of carboxylic acid groups (broad SMARTS) is 1. The highest BCUT2D eigenvalue weighted by Crippen LogP contribution is 2.32. The van der Waals surface area contributed by atoms with E-state index in [-0.39, 0.29) is 16.4 Å². The third-order valence-electron chi connectivity index (χ3n) is 1.91. The van der Waals surface area contributed by atoms with Gasteiger partial charge in [0.05, 0.1) is 11.5 Å². The van der Waals surface area contributed by atoms with Crippen molar-refractivity contribution in [2.45, 2.75) is 11.5 Å². The average molecular weight is 218 g/mol. The van der Waals surface area contributed by atoms with Gasteiger partial charge < -0.3 is 5.11 Å². The Bertz CT molecular complexity index is 469. The molecule has 0 aliphatic carbocycles. The van der Waals surface area contributed by atoms with Gasteiger partial charge in [0, 0.05) is 0 Å². The summed E-state index contributed by atoms with van der Waals surface area (Å²) in [6, 6.07) is 0. The molecular formula is C7H6O4S2. The van der Waals surface area contributed by atoms with Crippen molar-refractivity contribution in [2.24, 2.45) is 0 Å². The van der Waals surface area contributed by atoms with Crippen molar-refractivity contribution < 1.29 is 18.3 Å². The third-order valence-corrected chi connectivity index (χ3v) is 4.45. The molecule has 0 amide bonds. The Morgan fingerprint density at radius 3 is 2.77 bits per heavy atom. The van der Waals surface area contributed by atoms with Crippen LogP contribution in [0.1, 0.15) is 20.8 Å². The number of rotatable bonds is 1. The number of thiophene rings is 1. The highest BCUT2D eigenvalue weighted by atomic mass is 32.2. The lowest BCUT2D eigenvalue weighted by atomic mass is 10.2. The zero-order chi connectivity index (χ0) is 9.64. The minimum Gasteiger partial charge on any atom is -0.477 e. The van der Waals surface area contributed by atoms with Crippen LogP contribution in [0.25, 0.3) is 0 Å². The van der Waals surface area contributed by atoms with Gasteiger partial charge in [-0.3, -0.25) is 0 Å². The van der Waals surface area contributed by atoms with Crippen LogP contribution in [0, 0.1) is 0 Å². The molecule has 2 rings (SSSR count). The van der Waals surface area contributed by atoms with Crippen molar-refractivity contribution in [3.05, 3.63) is 21.4 Å². The Morgan fingerprint density at radius 1 is 1.46 bits per heavy atom. The van der Waals surface area contributed by atoms with Gasteiger partial charge in [0.1, 0.15) is 4.88 Å². The van der Waals surface area contributed by atoms with E-state index in [0.29, 0.717) is 11.1 Å². The van der Waals surface area contributed by atoms with Crippen LogP contribution in [-0.4, -0.2) is 19.5 Å². The van der Waals surface area contributed by atoms with E-state index >= 15 is 0 Å². The van der Waals surface area contributed by atoms with E-state index in [1.807, 2.05) is 0 Å². The van der Waals surface area contributed by atoms with Crippen LogP contribution in [0.3, 0.4) is 0 Å². The molecule has 1 aliphatic heterocycles. The zero-order valence-electron chi connectivity index (χ0n) is 6.48. The fraction of sp³-hybridized carbons (Fsp3) is 0.286. The first-order chi connectivity index (χ1) is 5.99. The van der Waals surface area contributed by atoms with Gasteiger partial charge in [-0.05, 0) is 16.5 Å². The van der Waals surface area contributed by atoms with Gasteiger partial charge >= 0.3 is 5.97 Å². The van der Waals surface area contributed by atoms with Crippen LogP contribution in [0.2, 0.25) is 0 Å². The van der Waals surface area contributed by atoms with E-state index in [4.69, 9.17) is 5.11 Å². The lowest BCUT2D eigenvalue weighted by molar-refractivity contribution is 0.0701. The highest BCUT2D eigenvalue weighted by Gasteiger charge is 2.30. The summed E-state index contributed by atoms with van der Waals surface area (Å²) in [6.07, 6.45) is 0. The van der Waals surface area contributed by atoms with E-state index in [1.165, 1.54) is 0 Å². The molecule has 0 saturated carbocycles. The fourth-order valence-electron chi connectivity index (χ4n) is 1.38. The normalized spacial score (nSPS) is 18.5. The summed E-state index contributed by atoms with van der Waals surface area (Å²) in [4.78, 5) is 10.8. The second-order valence-electron chi connectivity index (χ2n) is 2.91. The SMILES string of the molecule is O=C(O)c1scc2c1CS(=O)(=O)C2. The van der Waals surface area contributed by atoms with Crippen molar-refractivity contribution in [3.63, 3.8) is 0 Å². The number of carbonyl (C=O) groups is 1. The molecule has 0 unspecified atom stereocenters. The van der Waals surface area contributed by atoms with Crippen LogP contribution in [0.4, 0.5) is 0 Å². The standard InChI is InChI=1S/C7H6O4S2/c8-7(9)6-5-3-13(10,11)2-4(5)1-12-6/h1H,2-3H2,(H,8,9). The second kappa shape index (κ2) is 2.55. The Hall–Kier alpha value is -0.880. The number of hydrogen-bond acceptors (Lipinski definition) is 4. The maximum Gasteiger partial charge on any atom is 0.346 e. The number of fused-ring (bicyclic) bond motifs is 1. The van der Waals surface area contributed by atoms with E-state index in [9.17, 15) is 13.2 Å². The van der Waals surface area contributed by atoms with Crippen molar-refractivity contribution in [2.75, 3.05) is 0 Å². The van der Waals surface area contributed by atoms with Crippen molar-refractivity contribution in [3.8, 4) is 0 Å². The molecule has 0 radical (unpaired) electrons. The Labute approximate surface area is 78.7 Å². The Morgan fingerprint density at radius 2 is 2.15 bits per heavy atom. The van der Waals surface area contributed by atoms with Crippen molar-refractivity contribution in [1.29, 1.82) is 0 Å². The number of carboxylic acids is 1. The van der Waals surface area contributed by atoms with Gasteiger partial charge in [-0.25, -0.2) is 13.2 Å². The minimum absolute atomic E-state index is 0.00782. The van der Waals surface area contributed by atoms with Crippen LogP contribution >= 0.6 is 11.3 Å². The fourth-order valence-corrected chi connectivity index (χ4v) is 4.12. The summed E-state index contributed by atoms with van der Waals surface area (Å²) in [5, 5.41) is 10.3. The van der Waals surface area contributed by atoms with Gasteiger partial charge in [-0.15, -0.1) is 11.3 Å². The predicted molar refractivity (Wildman–Crippen MR) is 47.6 cm³/mol. The summed E-state index contributed by atoms with van der Waals surface area (Å²) in [6.45, 7) is 0. The van der Waals surface area contributed by atoms with Gasteiger partial charge in [0.2, 0.25) is 0 Å². The molecule has 6 heteroatoms. The molecule has 1 aromatic heterocycles. The predicted octanol–water partition coefficient (Wildman–Crippen LogP) is 0.875. The smallest absolute Gasteiger partial charge is 0.346 e. The van der Waals surface area contributed by atoms with E-state index in [1.54, 1.807) is 5.38 Å². The Kier molecular flexibility index (Phi) is 1.71. The summed E-state index contributed by atoms with van der Waals surface area (Å²) in [5.74, 6) is -1.16. The van der Waals surface area contributed by atoms with Crippen molar-refractivity contribution in [1.82, 2.24) is 0 Å². The second-order valence-corrected chi connectivity index (χ2v) is 5.85. The summed E-state index contributed by atoms with van der Waals surface area (Å²) in [5.41, 5.74) is 1.14. The first kappa shape index (κ1) is 8.71. The first-order valence-corrected chi connectivity index (χ1v) is 6.23. The van der Waals surface area contributed by atoms with Crippen LogP contribution < -0.4 is 0 Å². The molecule has 4 nitrogen and oxygen atoms in total. The van der Waals surface area contributed by atoms with E-state index in [0.717, 1.165) is 11.3 Å². The number of hydrogen-bond donors (Lipinski definition) is 1. The number of sulfone groups is 1.